The van der Waals surface area contributed by atoms with E-state index in [1.807, 2.05) is 0 Å². The Morgan fingerprint density at radius 1 is 1.20 bits per heavy atom. The molecule has 1 saturated heterocycles. The Hall–Kier alpha value is -0.370. The summed E-state index contributed by atoms with van der Waals surface area (Å²) in [7, 11) is 0. The zero-order chi connectivity index (χ0) is 14.0. The third kappa shape index (κ3) is 4.07. The molecule has 0 spiro atoms. The first-order valence-corrected chi connectivity index (χ1v) is 6.65. The van der Waals surface area contributed by atoms with Gasteiger partial charge in [0.25, 0.3) is 0 Å². The lowest BCUT2D eigenvalue weighted by Gasteiger charge is -2.36. The molecule has 8 heteroatoms. The highest BCUT2D eigenvalue weighted by molar-refractivity contribution is 9.10. The van der Waals surface area contributed by atoms with Gasteiger partial charge in [-0.15, -0.1) is 12.4 Å². The highest BCUT2D eigenvalue weighted by atomic mass is 79.9. The van der Waals surface area contributed by atoms with Gasteiger partial charge < -0.3 is 5.32 Å². The summed E-state index contributed by atoms with van der Waals surface area (Å²) < 4.78 is 53.0. The summed E-state index contributed by atoms with van der Waals surface area (Å²) in [4.78, 5) is 1.37. The molecule has 1 fully saturated rings. The smallest absolute Gasteiger partial charge is 0.314 e. The molecule has 0 amide bonds. The highest BCUT2D eigenvalue weighted by Gasteiger charge is 2.45. The molecule has 1 aliphatic heterocycles. The molecule has 2 rings (SSSR count). The molecule has 0 saturated carbocycles. The van der Waals surface area contributed by atoms with Gasteiger partial charge in [0, 0.05) is 30.7 Å². The Morgan fingerprint density at radius 2 is 1.80 bits per heavy atom. The summed E-state index contributed by atoms with van der Waals surface area (Å²) in [5.74, 6) is -0.558. The van der Waals surface area contributed by atoms with Gasteiger partial charge in [0.05, 0.1) is 0 Å². The molecular weight excluding hydrogens is 363 g/mol. The van der Waals surface area contributed by atoms with E-state index in [4.69, 9.17) is 0 Å². The minimum absolute atomic E-state index is 0. The molecule has 20 heavy (non-hydrogen) atoms. The number of halogens is 6. The monoisotopic (exact) mass is 376 g/mol. The molecule has 0 bridgehead atoms. The van der Waals surface area contributed by atoms with Crippen LogP contribution < -0.4 is 5.32 Å². The fourth-order valence-electron chi connectivity index (χ4n) is 2.24. The molecule has 0 radical (unpaired) electrons. The Morgan fingerprint density at radius 3 is 2.30 bits per heavy atom. The second-order valence-corrected chi connectivity index (χ2v) is 5.25. The van der Waals surface area contributed by atoms with Crippen molar-refractivity contribution in [2.24, 2.45) is 0 Å². The Kier molecular flexibility index (Phi) is 6.25. The average Bonchev–Trinajstić information content (AvgIpc) is 2.32. The van der Waals surface area contributed by atoms with E-state index in [0.29, 0.717) is 26.2 Å². The topological polar surface area (TPSA) is 15.3 Å². The molecule has 1 heterocycles. The number of nitrogens with zero attached hydrogens (tertiary/aromatic N) is 1. The standard InChI is InChI=1S/C12H13BrF4N2.ClH/c13-10-7-8(14)1-2-9(10)11(12(15,16)17)19-5-3-18-4-6-19;/h1-2,7,11,18H,3-6H2;1H/t11-;/m1./s1. The van der Waals surface area contributed by atoms with Crippen molar-refractivity contribution in [3.05, 3.63) is 34.1 Å². The van der Waals surface area contributed by atoms with Gasteiger partial charge in [-0.3, -0.25) is 4.90 Å². The van der Waals surface area contributed by atoms with E-state index < -0.39 is 18.0 Å². The molecule has 1 aromatic carbocycles. The van der Waals surface area contributed by atoms with Crippen LogP contribution >= 0.6 is 28.3 Å². The molecule has 1 atom stereocenters. The summed E-state index contributed by atoms with van der Waals surface area (Å²) in [6.45, 7) is 1.67. The van der Waals surface area contributed by atoms with Crippen LogP contribution in [0.3, 0.4) is 0 Å². The number of hydrogen-bond acceptors (Lipinski definition) is 2. The van der Waals surface area contributed by atoms with Gasteiger partial charge in [-0.25, -0.2) is 4.39 Å². The van der Waals surface area contributed by atoms with Crippen LogP contribution in [0.2, 0.25) is 0 Å². The Balaban J connectivity index is 0.00000200. The number of piperazine rings is 1. The second-order valence-electron chi connectivity index (χ2n) is 4.40. The third-order valence-electron chi connectivity index (χ3n) is 3.08. The van der Waals surface area contributed by atoms with Gasteiger partial charge in [-0.2, -0.15) is 13.2 Å². The first-order valence-electron chi connectivity index (χ1n) is 5.86. The maximum atomic E-state index is 13.3. The van der Waals surface area contributed by atoms with Crippen molar-refractivity contribution in [3.8, 4) is 0 Å². The second kappa shape index (κ2) is 7.06. The zero-order valence-corrected chi connectivity index (χ0v) is 12.8. The van der Waals surface area contributed by atoms with Gasteiger partial charge in [-0.05, 0) is 17.7 Å². The van der Waals surface area contributed by atoms with Crippen LogP contribution in [-0.4, -0.2) is 37.3 Å². The van der Waals surface area contributed by atoms with Gasteiger partial charge in [0.1, 0.15) is 11.9 Å². The predicted octanol–water partition coefficient (Wildman–Crippen LogP) is 3.52. The molecule has 0 aromatic heterocycles. The fraction of sp³-hybridized carbons (Fsp3) is 0.500. The average molecular weight is 378 g/mol. The summed E-state index contributed by atoms with van der Waals surface area (Å²) >= 11 is 3.02. The lowest BCUT2D eigenvalue weighted by atomic mass is 10.0. The van der Waals surface area contributed by atoms with Crippen LogP contribution in [0.25, 0.3) is 0 Å². The maximum Gasteiger partial charge on any atom is 0.408 e. The van der Waals surface area contributed by atoms with Crippen molar-refractivity contribution >= 4 is 28.3 Å². The number of nitrogens with one attached hydrogen (secondary N) is 1. The third-order valence-corrected chi connectivity index (χ3v) is 3.77. The van der Waals surface area contributed by atoms with Crippen LogP contribution in [0.4, 0.5) is 17.6 Å². The van der Waals surface area contributed by atoms with E-state index in [0.717, 1.165) is 12.1 Å². The van der Waals surface area contributed by atoms with E-state index in [1.54, 1.807) is 0 Å². The lowest BCUT2D eigenvalue weighted by Crippen LogP contribution is -2.49. The zero-order valence-electron chi connectivity index (χ0n) is 10.4. The molecule has 1 N–H and O–H groups in total. The van der Waals surface area contributed by atoms with E-state index >= 15 is 0 Å². The number of hydrogen-bond donors (Lipinski definition) is 1. The summed E-state index contributed by atoms with van der Waals surface area (Å²) in [6.07, 6.45) is -4.39. The fourth-order valence-corrected chi connectivity index (χ4v) is 2.81. The molecule has 0 unspecified atom stereocenters. The van der Waals surface area contributed by atoms with Crippen LogP contribution in [0.5, 0.6) is 0 Å². The van der Waals surface area contributed by atoms with E-state index in [2.05, 4.69) is 21.2 Å². The first-order chi connectivity index (χ1) is 8.89. The van der Waals surface area contributed by atoms with Crippen molar-refractivity contribution in [2.45, 2.75) is 12.2 Å². The number of rotatable bonds is 2. The SMILES string of the molecule is Cl.Fc1ccc([C@@H](N2CCNCC2)C(F)(F)F)c(Br)c1. The van der Waals surface area contributed by atoms with Crippen LogP contribution in [0, 0.1) is 5.82 Å². The van der Waals surface area contributed by atoms with Crippen molar-refractivity contribution in [1.82, 2.24) is 10.2 Å². The Labute approximate surface area is 129 Å². The number of benzene rings is 1. The van der Waals surface area contributed by atoms with Gasteiger partial charge in [-0.1, -0.05) is 22.0 Å². The van der Waals surface area contributed by atoms with Crippen molar-refractivity contribution in [3.63, 3.8) is 0 Å². The van der Waals surface area contributed by atoms with Gasteiger partial charge >= 0.3 is 6.18 Å². The van der Waals surface area contributed by atoms with E-state index in [9.17, 15) is 17.6 Å². The van der Waals surface area contributed by atoms with Crippen molar-refractivity contribution in [1.29, 1.82) is 0 Å². The first kappa shape index (κ1) is 17.7. The molecule has 1 aromatic rings. The highest BCUT2D eigenvalue weighted by Crippen LogP contribution is 2.40. The van der Waals surface area contributed by atoms with Gasteiger partial charge in [0.2, 0.25) is 0 Å². The van der Waals surface area contributed by atoms with E-state index in [1.165, 1.54) is 11.0 Å². The van der Waals surface area contributed by atoms with Crippen LogP contribution in [0.1, 0.15) is 11.6 Å². The summed E-state index contributed by atoms with van der Waals surface area (Å²) in [5, 5.41) is 3.02. The molecule has 0 aliphatic carbocycles. The van der Waals surface area contributed by atoms with Gasteiger partial charge in [0.15, 0.2) is 0 Å². The normalized spacial score (nSPS) is 18.4. The molecule has 1 aliphatic rings. The quantitative estimate of drug-likeness (QED) is 0.794. The van der Waals surface area contributed by atoms with Crippen LogP contribution in [0.15, 0.2) is 22.7 Å². The minimum Gasteiger partial charge on any atom is -0.314 e. The summed E-state index contributed by atoms with van der Waals surface area (Å²) in [6, 6.07) is 1.61. The molecular formula is C12H14BrClF4N2. The van der Waals surface area contributed by atoms with E-state index in [-0.39, 0.29) is 22.4 Å². The van der Waals surface area contributed by atoms with Crippen molar-refractivity contribution in [2.75, 3.05) is 26.2 Å². The molecule has 2 nitrogen and oxygen atoms in total. The van der Waals surface area contributed by atoms with Crippen molar-refractivity contribution < 1.29 is 17.6 Å². The lowest BCUT2D eigenvalue weighted by molar-refractivity contribution is -0.188. The molecule has 114 valence electrons. The summed E-state index contributed by atoms with van der Waals surface area (Å²) in [5.41, 5.74) is 0.0517. The predicted molar refractivity (Wildman–Crippen MR) is 74.6 cm³/mol. The van der Waals surface area contributed by atoms with Crippen LogP contribution in [-0.2, 0) is 0 Å². The largest absolute Gasteiger partial charge is 0.408 e. The Bertz CT molecular complexity index is 450. The minimum atomic E-state index is -4.39. The maximum absolute atomic E-state index is 13.3. The number of alkyl halides is 3.